The Bertz CT molecular complexity index is 1330. The first-order valence-electron chi connectivity index (χ1n) is 10.3. The number of carbonyl (C=O) groups is 1. The average molecular weight is 456 g/mol. The van der Waals surface area contributed by atoms with Gasteiger partial charge in [-0.2, -0.15) is 9.40 Å². The third kappa shape index (κ3) is 4.43. The third-order valence-corrected chi connectivity index (χ3v) is 7.46. The van der Waals surface area contributed by atoms with Crippen molar-refractivity contribution in [3.8, 4) is 0 Å². The van der Waals surface area contributed by atoms with Crippen LogP contribution in [-0.4, -0.2) is 66.5 Å². The molecule has 0 saturated carbocycles. The number of hydrogen-bond acceptors (Lipinski definition) is 6. The van der Waals surface area contributed by atoms with Crippen molar-refractivity contribution in [2.24, 2.45) is 0 Å². The number of aromatic nitrogens is 2. The van der Waals surface area contributed by atoms with Gasteiger partial charge in [-0.3, -0.25) is 9.59 Å². The van der Waals surface area contributed by atoms with Gasteiger partial charge in [0.1, 0.15) is 6.54 Å². The van der Waals surface area contributed by atoms with E-state index in [0.29, 0.717) is 42.9 Å². The van der Waals surface area contributed by atoms with E-state index < -0.39 is 15.9 Å². The van der Waals surface area contributed by atoms with Crippen LogP contribution in [0.1, 0.15) is 5.69 Å². The van der Waals surface area contributed by atoms with Gasteiger partial charge < -0.3 is 10.2 Å². The first-order valence-corrected chi connectivity index (χ1v) is 11.7. The van der Waals surface area contributed by atoms with Crippen LogP contribution in [0.15, 0.2) is 58.2 Å². The fourth-order valence-corrected chi connectivity index (χ4v) is 5.23. The lowest BCUT2D eigenvalue weighted by Crippen LogP contribution is -2.47. The van der Waals surface area contributed by atoms with E-state index in [1.807, 2.05) is 19.2 Å². The minimum Gasteiger partial charge on any atom is -0.324 e. The number of amides is 1. The SMILES string of the molecule is Cc1nn(CC(=O)Nc2cccc(S(=O)(=O)N3CCN(C)CC3)c2)c(=O)c2ccccc12. The zero-order valence-corrected chi connectivity index (χ0v) is 18.8. The van der Waals surface area contributed by atoms with Crippen LogP contribution in [0.3, 0.4) is 0 Å². The molecule has 0 atom stereocenters. The first kappa shape index (κ1) is 22.1. The summed E-state index contributed by atoms with van der Waals surface area (Å²) in [7, 11) is -1.70. The van der Waals surface area contributed by atoms with Gasteiger partial charge in [0, 0.05) is 37.3 Å². The van der Waals surface area contributed by atoms with Gasteiger partial charge in [0.2, 0.25) is 15.9 Å². The lowest BCUT2D eigenvalue weighted by Gasteiger charge is -2.31. The van der Waals surface area contributed by atoms with Crippen molar-refractivity contribution in [3.63, 3.8) is 0 Å². The zero-order valence-electron chi connectivity index (χ0n) is 18.0. The normalized spacial score (nSPS) is 15.7. The molecule has 9 nitrogen and oxygen atoms in total. The molecule has 0 unspecified atom stereocenters. The van der Waals surface area contributed by atoms with Crippen LogP contribution in [0, 0.1) is 6.92 Å². The standard InChI is InChI=1S/C22H25N5O4S/c1-16-19-8-3-4-9-20(19)22(29)27(24-16)15-21(28)23-17-6-5-7-18(14-17)32(30,31)26-12-10-25(2)11-13-26/h3-9,14H,10-13,15H2,1-2H3,(H,23,28). The average Bonchev–Trinajstić information content (AvgIpc) is 2.78. The monoisotopic (exact) mass is 455 g/mol. The maximum atomic E-state index is 13.0. The summed E-state index contributed by atoms with van der Waals surface area (Å²) in [4.78, 5) is 27.5. The zero-order chi connectivity index (χ0) is 22.9. The van der Waals surface area contributed by atoms with Gasteiger partial charge in [0.25, 0.3) is 5.56 Å². The smallest absolute Gasteiger partial charge is 0.275 e. The third-order valence-electron chi connectivity index (χ3n) is 5.56. The van der Waals surface area contributed by atoms with E-state index in [9.17, 15) is 18.0 Å². The van der Waals surface area contributed by atoms with Crippen LogP contribution in [0.25, 0.3) is 10.8 Å². The number of sulfonamides is 1. The number of anilines is 1. The second-order valence-electron chi connectivity index (χ2n) is 7.88. The van der Waals surface area contributed by atoms with Crippen LogP contribution in [0.4, 0.5) is 5.69 Å². The van der Waals surface area contributed by atoms with Gasteiger partial charge >= 0.3 is 0 Å². The van der Waals surface area contributed by atoms with E-state index in [1.165, 1.54) is 16.4 Å². The number of nitrogens with zero attached hydrogens (tertiary/aromatic N) is 4. The van der Waals surface area contributed by atoms with Gasteiger partial charge in [0.05, 0.1) is 16.0 Å². The highest BCUT2D eigenvalue weighted by Gasteiger charge is 2.27. The van der Waals surface area contributed by atoms with Crippen LogP contribution < -0.4 is 10.9 Å². The molecule has 168 valence electrons. The molecule has 0 radical (unpaired) electrons. The van der Waals surface area contributed by atoms with Crippen LogP contribution in [0.2, 0.25) is 0 Å². The van der Waals surface area contributed by atoms with Crippen molar-refractivity contribution in [1.29, 1.82) is 0 Å². The molecule has 2 aromatic carbocycles. The van der Waals surface area contributed by atoms with Crippen molar-refractivity contribution < 1.29 is 13.2 Å². The molecule has 1 aromatic heterocycles. The largest absolute Gasteiger partial charge is 0.324 e. The topological polar surface area (TPSA) is 105 Å². The van der Waals surface area contributed by atoms with Crippen molar-refractivity contribution >= 4 is 32.4 Å². The van der Waals surface area contributed by atoms with Crippen LogP contribution in [-0.2, 0) is 21.4 Å². The molecule has 1 aliphatic heterocycles. The minimum absolute atomic E-state index is 0.122. The van der Waals surface area contributed by atoms with E-state index in [1.54, 1.807) is 31.2 Å². The number of likely N-dealkylation sites (N-methyl/N-ethyl adjacent to an activating group) is 1. The minimum atomic E-state index is -3.65. The molecule has 1 aliphatic rings. The Balaban J connectivity index is 1.52. The highest BCUT2D eigenvalue weighted by atomic mass is 32.2. The lowest BCUT2D eigenvalue weighted by molar-refractivity contribution is -0.117. The van der Waals surface area contributed by atoms with Gasteiger partial charge in [-0.05, 0) is 38.2 Å². The number of fused-ring (bicyclic) bond motifs is 1. The molecule has 1 amide bonds. The molecule has 0 spiro atoms. The lowest BCUT2D eigenvalue weighted by atomic mass is 10.1. The van der Waals surface area contributed by atoms with Crippen molar-refractivity contribution in [1.82, 2.24) is 19.0 Å². The second-order valence-corrected chi connectivity index (χ2v) is 9.82. The Hall–Kier alpha value is -3.08. The van der Waals surface area contributed by atoms with Crippen LogP contribution in [0.5, 0.6) is 0 Å². The molecule has 4 rings (SSSR count). The molecule has 1 fully saturated rings. The number of hydrogen-bond donors (Lipinski definition) is 1. The number of nitrogens with one attached hydrogen (secondary N) is 1. The maximum absolute atomic E-state index is 13.0. The summed E-state index contributed by atoms with van der Waals surface area (Å²) in [6.45, 7) is 3.69. The number of rotatable bonds is 5. The highest BCUT2D eigenvalue weighted by Crippen LogP contribution is 2.21. The summed E-state index contributed by atoms with van der Waals surface area (Å²) >= 11 is 0. The van der Waals surface area contributed by atoms with Crippen LogP contribution >= 0.6 is 0 Å². The van der Waals surface area contributed by atoms with Crippen molar-refractivity contribution in [2.75, 3.05) is 38.5 Å². The first-order chi connectivity index (χ1) is 15.3. The molecule has 32 heavy (non-hydrogen) atoms. The summed E-state index contributed by atoms with van der Waals surface area (Å²) in [6, 6.07) is 13.3. The Labute approximate surface area is 186 Å². The van der Waals surface area contributed by atoms with Gasteiger partial charge in [-0.15, -0.1) is 0 Å². The van der Waals surface area contributed by atoms with Gasteiger partial charge in [0.15, 0.2) is 0 Å². The molecule has 1 N–H and O–H groups in total. The Morgan fingerprint density at radius 3 is 2.44 bits per heavy atom. The number of piperazine rings is 1. The molecule has 2 heterocycles. The Morgan fingerprint density at radius 1 is 1.03 bits per heavy atom. The summed E-state index contributed by atoms with van der Waals surface area (Å²) in [6.07, 6.45) is 0. The number of carbonyl (C=O) groups excluding carboxylic acids is 1. The fraction of sp³-hybridized carbons (Fsp3) is 0.318. The summed E-state index contributed by atoms with van der Waals surface area (Å²) in [5, 5.41) is 8.16. The number of benzene rings is 2. The van der Waals surface area contributed by atoms with E-state index >= 15 is 0 Å². The predicted octanol–water partition coefficient (Wildman–Crippen LogP) is 1.28. The predicted molar refractivity (Wildman–Crippen MR) is 122 cm³/mol. The van der Waals surface area contributed by atoms with Gasteiger partial charge in [-0.1, -0.05) is 24.3 Å². The second kappa shape index (κ2) is 8.81. The fourth-order valence-electron chi connectivity index (χ4n) is 3.76. The Kier molecular flexibility index (Phi) is 6.09. The highest BCUT2D eigenvalue weighted by molar-refractivity contribution is 7.89. The Morgan fingerprint density at radius 2 is 1.72 bits per heavy atom. The molecular weight excluding hydrogens is 430 g/mol. The molecule has 10 heteroatoms. The quantitative estimate of drug-likeness (QED) is 0.622. The molecule has 0 bridgehead atoms. The number of aryl methyl sites for hydroxylation is 1. The van der Waals surface area contributed by atoms with E-state index in [2.05, 4.69) is 15.3 Å². The van der Waals surface area contributed by atoms with E-state index in [-0.39, 0.29) is 17.0 Å². The summed E-state index contributed by atoms with van der Waals surface area (Å²) < 4.78 is 28.5. The summed E-state index contributed by atoms with van der Waals surface area (Å²) in [5.74, 6) is -0.469. The van der Waals surface area contributed by atoms with Crippen molar-refractivity contribution in [3.05, 3.63) is 64.6 Å². The molecule has 1 saturated heterocycles. The maximum Gasteiger partial charge on any atom is 0.275 e. The van der Waals surface area contributed by atoms with E-state index in [0.717, 1.165) is 10.1 Å². The summed E-state index contributed by atoms with van der Waals surface area (Å²) in [5.41, 5.74) is 0.636. The van der Waals surface area contributed by atoms with Gasteiger partial charge in [-0.25, -0.2) is 13.1 Å². The molecular formula is C22H25N5O4S. The molecule has 3 aromatic rings. The van der Waals surface area contributed by atoms with E-state index in [4.69, 9.17) is 0 Å². The van der Waals surface area contributed by atoms with Crippen molar-refractivity contribution in [2.45, 2.75) is 18.4 Å². The molecule has 0 aliphatic carbocycles.